The fourth-order valence-electron chi connectivity index (χ4n) is 2.78. The predicted molar refractivity (Wildman–Crippen MR) is 118 cm³/mol. The van der Waals surface area contributed by atoms with E-state index in [0.717, 1.165) is 29.2 Å². The van der Waals surface area contributed by atoms with Crippen molar-refractivity contribution in [3.05, 3.63) is 59.5 Å². The van der Waals surface area contributed by atoms with Crippen molar-refractivity contribution < 1.29 is 14.3 Å². The zero-order chi connectivity index (χ0) is 20.5. The molecular weight excluding hydrogens is 384 g/mol. The van der Waals surface area contributed by atoms with E-state index in [1.807, 2.05) is 48.7 Å². The Morgan fingerprint density at radius 3 is 2.38 bits per heavy atom. The van der Waals surface area contributed by atoms with Gasteiger partial charge in [-0.3, -0.25) is 4.79 Å². The molecule has 6 heteroatoms. The lowest BCUT2D eigenvalue weighted by Crippen LogP contribution is -2.12. The van der Waals surface area contributed by atoms with Crippen molar-refractivity contribution in [1.29, 1.82) is 0 Å². The highest BCUT2D eigenvalue weighted by Crippen LogP contribution is 2.26. The number of thiazole rings is 1. The lowest BCUT2D eigenvalue weighted by Gasteiger charge is -2.06. The highest BCUT2D eigenvalue weighted by atomic mass is 32.1. The van der Waals surface area contributed by atoms with E-state index in [1.54, 1.807) is 0 Å². The third-order valence-electron chi connectivity index (χ3n) is 4.36. The highest BCUT2D eigenvalue weighted by Gasteiger charge is 2.08. The standard InChI is InChI=1S/C23H26N2O3S/c1-3-17-7-11-20(12-8-17)28-15-5-6-22(26)25-23-24-21(16-29-23)18-9-13-19(14-10-18)27-4-2/h7-14,16H,3-6,15H2,1-2H3,(H,24,25,26). The number of hydrogen-bond acceptors (Lipinski definition) is 5. The Morgan fingerprint density at radius 1 is 1.00 bits per heavy atom. The molecule has 3 aromatic rings. The summed E-state index contributed by atoms with van der Waals surface area (Å²) in [4.78, 5) is 16.7. The molecule has 5 nitrogen and oxygen atoms in total. The fraction of sp³-hybridized carbons (Fsp3) is 0.304. The molecule has 0 saturated heterocycles. The monoisotopic (exact) mass is 410 g/mol. The van der Waals surface area contributed by atoms with Gasteiger partial charge in [-0.2, -0.15) is 0 Å². The third-order valence-corrected chi connectivity index (χ3v) is 5.12. The van der Waals surface area contributed by atoms with Crippen LogP contribution in [0.2, 0.25) is 0 Å². The topological polar surface area (TPSA) is 60.5 Å². The van der Waals surface area contributed by atoms with Crippen molar-refractivity contribution in [2.24, 2.45) is 0 Å². The Bertz CT molecular complexity index is 905. The Kier molecular flexibility index (Phi) is 7.64. The van der Waals surface area contributed by atoms with Gasteiger partial charge in [-0.25, -0.2) is 4.98 Å². The first-order chi connectivity index (χ1) is 14.2. The van der Waals surface area contributed by atoms with Gasteiger partial charge in [0.05, 0.1) is 18.9 Å². The Morgan fingerprint density at radius 2 is 1.69 bits per heavy atom. The van der Waals surface area contributed by atoms with Crippen LogP contribution in [0.4, 0.5) is 5.13 Å². The van der Waals surface area contributed by atoms with Crippen LogP contribution in [-0.4, -0.2) is 24.1 Å². The molecule has 152 valence electrons. The van der Waals surface area contributed by atoms with Gasteiger partial charge >= 0.3 is 0 Å². The number of carbonyl (C=O) groups is 1. The minimum Gasteiger partial charge on any atom is -0.494 e. The molecule has 0 aliphatic heterocycles. The SMILES string of the molecule is CCOc1ccc(-c2csc(NC(=O)CCCOc3ccc(CC)cc3)n2)cc1. The molecule has 1 amide bonds. The first kappa shape index (κ1) is 20.9. The molecule has 0 saturated carbocycles. The van der Waals surface area contributed by atoms with E-state index in [2.05, 4.69) is 29.4 Å². The predicted octanol–water partition coefficient (Wildman–Crippen LogP) is 5.57. The number of benzene rings is 2. The van der Waals surface area contributed by atoms with Gasteiger partial charge in [0.1, 0.15) is 11.5 Å². The van der Waals surface area contributed by atoms with Crippen molar-refractivity contribution in [2.75, 3.05) is 18.5 Å². The van der Waals surface area contributed by atoms with E-state index in [0.29, 0.717) is 31.2 Å². The lowest BCUT2D eigenvalue weighted by molar-refractivity contribution is -0.116. The molecule has 1 heterocycles. The summed E-state index contributed by atoms with van der Waals surface area (Å²) in [7, 11) is 0. The van der Waals surface area contributed by atoms with Crippen molar-refractivity contribution in [3.8, 4) is 22.8 Å². The molecule has 1 N–H and O–H groups in total. The molecule has 29 heavy (non-hydrogen) atoms. The maximum Gasteiger partial charge on any atom is 0.226 e. The Balaban J connectivity index is 1.42. The number of anilines is 1. The quantitative estimate of drug-likeness (QED) is 0.444. The van der Waals surface area contributed by atoms with E-state index >= 15 is 0 Å². The van der Waals surface area contributed by atoms with Gasteiger partial charge < -0.3 is 14.8 Å². The van der Waals surface area contributed by atoms with Crippen LogP contribution in [-0.2, 0) is 11.2 Å². The van der Waals surface area contributed by atoms with E-state index in [-0.39, 0.29) is 5.91 Å². The molecule has 3 rings (SSSR count). The second kappa shape index (κ2) is 10.6. The number of rotatable bonds is 10. The highest BCUT2D eigenvalue weighted by molar-refractivity contribution is 7.14. The summed E-state index contributed by atoms with van der Waals surface area (Å²) in [5.41, 5.74) is 3.12. The van der Waals surface area contributed by atoms with E-state index in [9.17, 15) is 4.79 Å². The summed E-state index contributed by atoms with van der Waals surface area (Å²) >= 11 is 1.42. The normalized spacial score (nSPS) is 10.6. The van der Waals surface area contributed by atoms with Gasteiger partial charge in [0.25, 0.3) is 0 Å². The lowest BCUT2D eigenvalue weighted by atomic mass is 10.2. The van der Waals surface area contributed by atoms with Gasteiger partial charge in [-0.05, 0) is 61.7 Å². The molecule has 0 unspecified atom stereocenters. The minimum atomic E-state index is -0.0532. The number of hydrogen-bond donors (Lipinski definition) is 1. The molecule has 0 aliphatic rings. The zero-order valence-electron chi connectivity index (χ0n) is 16.8. The largest absolute Gasteiger partial charge is 0.494 e. The van der Waals surface area contributed by atoms with Gasteiger partial charge in [0.2, 0.25) is 5.91 Å². The van der Waals surface area contributed by atoms with Crippen LogP contribution >= 0.6 is 11.3 Å². The average molecular weight is 411 g/mol. The molecule has 1 aromatic heterocycles. The van der Waals surface area contributed by atoms with Crippen molar-refractivity contribution in [1.82, 2.24) is 4.98 Å². The summed E-state index contributed by atoms with van der Waals surface area (Å²) in [6.07, 6.45) is 2.06. The summed E-state index contributed by atoms with van der Waals surface area (Å²) < 4.78 is 11.1. The van der Waals surface area contributed by atoms with Crippen LogP contribution < -0.4 is 14.8 Å². The maximum absolute atomic E-state index is 12.2. The van der Waals surface area contributed by atoms with Crippen molar-refractivity contribution in [3.63, 3.8) is 0 Å². The van der Waals surface area contributed by atoms with Crippen LogP contribution in [0.15, 0.2) is 53.9 Å². The van der Waals surface area contributed by atoms with Crippen LogP contribution in [0.1, 0.15) is 32.3 Å². The Hall–Kier alpha value is -2.86. The molecule has 2 aromatic carbocycles. The number of nitrogens with zero attached hydrogens (tertiary/aromatic N) is 1. The van der Waals surface area contributed by atoms with E-state index in [1.165, 1.54) is 16.9 Å². The summed E-state index contributed by atoms with van der Waals surface area (Å²) in [6, 6.07) is 15.8. The number of ether oxygens (including phenoxy) is 2. The first-order valence-corrected chi connectivity index (χ1v) is 10.8. The molecule has 0 atom stereocenters. The summed E-state index contributed by atoms with van der Waals surface area (Å²) in [5.74, 6) is 1.62. The van der Waals surface area contributed by atoms with Crippen LogP contribution in [0.3, 0.4) is 0 Å². The Labute approximate surface area is 175 Å². The van der Waals surface area contributed by atoms with Gasteiger partial charge in [0.15, 0.2) is 5.13 Å². The zero-order valence-corrected chi connectivity index (χ0v) is 17.6. The second-order valence-electron chi connectivity index (χ2n) is 6.49. The van der Waals surface area contributed by atoms with Crippen LogP contribution in [0.25, 0.3) is 11.3 Å². The molecule has 0 aliphatic carbocycles. The average Bonchev–Trinajstić information content (AvgIpc) is 3.21. The maximum atomic E-state index is 12.2. The van der Waals surface area contributed by atoms with Crippen LogP contribution in [0, 0.1) is 0 Å². The number of nitrogens with one attached hydrogen (secondary N) is 1. The third kappa shape index (κ3) is 6.32. The summed E-state index contributed by atoms with van der Waals surface area (Å²) in [6.45, 7) is 5.23. The number of aryl methyl sites for hydroxylation is 1. The molecule has 0 bridgehead atoms. The van der Waals surface area contributed by atoms with Gasteiger partial charge in [0, 0.05) is 17.4 Å². The second-order valence-corrected chi connectivity index (χ2v) is 7.35. The van der Waals surface area contributed by atoms with Gasteiger partial charge in [-0.15, -0.1) is 11.3 Å². The van der Waals surface area contributed by atoms with Crippen molar-refractivity contribution >= 4 is 22.4 Å². The van der Waals surface area contributed by atoms with Crippen LogP contribution in [0.5, 0.6) is 11.5 Å². The smallest absolute Gasteiger partial charge is 0.226 e. The molecule has 0 spiro atoms. The van der Waals surface area contributed by atoms with Crippen molar-refractivity contribution in [2.45, 2.75) is 33.1 Å². The van der Waals surface area contributed by atoms with E-state index in [4.69, 9.17) is 9.47 Å². The minimum absolute atomic E-state index is 0.0532. The molecular formula is C23H26N2O3S. The summed E-state index contributed by atoms with van der Waals surface area (Å²) in [5, 5.41) is 5.41. The van der Waals surface area contributed by atoms with E-state index < -0.39 is 0 Å². The first-order valence-electron chi connectivity index (χ1n) is 9.88. The number of carbonyl (C=O) groups excluding carboxylic acids is 1. The van der Waals surface area contributed by atoms with Gasteiger partial charge in [-0.1, -0.05) is 19.1 Å². The number of amides is 1. The molecule has 0 fully saturated rings. The molecule has 0 radical (unpaired) electrons. The number of aromatic nitrogens is 1. The fourth-order valence-corrected chi connectivity index (χ4v) is 3.51.